The molecule has 0 saturated carbocycles. The zero-order valence-electron chi connectivity index (χ0n) is 14.8. The predicted octanol–water partition coefficient (Wildman–Crippen LogP) is 5.00. The van der Waals surface area contributed by atoms with E-state index in [4.69, 9.17) is 0 Å². The van der Waals surface area contributed by atoms with E-state index in [1.54, 1.807) is 0 Å². The summed E-state index contributed by atoms with van der Waals surface area (Å²) in [6, 6.07) is 18.2. The monoisotopic (exact) mass is 350 g/mol. The zero-order valence-corrected chi connectivity index (χ0v) is 15.6. The Morgan fingerprint density at radius 3 is 2.52 bits per heavy atom. The third kappa shape index (κ3) is 3.85. The number of hydrogen-bond acceptors (Lipinski definition) is 3. The first-order chi connectivity index (χ1) is 12.1. The Hall–Kier alpha value is -2.33. The van der Waals surface area contributed by atoms with Crippen LogP contribution in [0.3, 0.4) is 0 Å². The lowest BCUT2D eigenvalue weighted by Gasteiger charge is -2.22. The number of nitrogens with zero attached hydrogens (tertiary/aromatic N) is 2. The van der Waals surface area contributed by atoms with Crippen molar-refractivity contribution in [2.75, 3.05) is 17.2 Å². The van der Waals surface area contributed by atoms with Gasteiger partial charge in [-0.3, -0.25) is 4.79 Å². The fraction of sp³-hybridized carbons (Fsp3) is 0.238. The summed E-state index contributed by atoms with van der Waals surface area (Å²) in [6.45, 7) is 6.79. The van der Waals surface area contributed by atoms with Gasteiger partial charge in [0.05, 0.1) is 16.3 Å². The molecule has 3 rings (SSSR count). The van der Waals surface area contributed by atoms with Crippen LogP contribution < -0.4 is 4.90 Å². The van der Waals surface area contributed by atoms with Crippen LogP contribution >= 0.6 is 11.8 Å². The van der Waals surface area contributed by atoms with E-state index in [2.05, 4.69) is 24.0 Å². The van der Waals surface area contributed by atoms with E-state index in [0.29, 0.717) is 12.3 Å². The van der Waals surface area contributed by atoms with Gasteiger partial charge in [0.2, 0.25) is 5.91 Å². The van der Waals surface area contributed by atoms with Crippen molar-refractivity contribution in [3.8, 4) is 0 Å². The fourth-order valence-electron chi connectivity index (χ4n) is 2.95. The minimum atomic E-state index is 0.106. The summed E-state index contributed by atoms with van der Waals surface area (Å²) in [4.78, 5) is 19.2. The van der Waals surface area contributed by atoms with Crippen molar-refractivity contribution in [3.05, 3.63) is 65.7 Å². The second-order valence-corrected chi connectivity index (χ2v) is 7.00. The van der Waals surface area contributed by atoms with Crippen molar-refractivity contribution in [1.29, 1.82) is 0 Å². The highest BCUT2D eigenvalue weighted by molar-refractivity contribution is 7.99. The van der Waals surface area contributed by atoms with E-state index in [9.17, 15) is 4.79 Å². The molecule has 0 unspecified atom stereocenters. The molecule has 0 atom stereocenters. The van der Waals surface area contributed by atoms with Crippen molar-refractivity contribution < 1.29 is 4.79 Å². The van der Waals surface area contributed by atoms with E-state index in [-0.39, 0.29) is 5.91 Å². The number of pyridine rings is 1. The summed E-state index contributed by atoms with van der Waals surface area (Å²) in [7, 11) is 0. The molecule has 0 bridgehead atoms. The molecule has 0 spiro atoms. The lowest BCUT2D eigenvalue weighted by molar-refractivity contribution is -0.116. The van der Waals surface area contributed by atoms with E-state index in [0.717, 1.165) is 27.2 Å². The second-order valence-electron chi connectivity index (χ2n) is 6.01. The molecule has 3 nitrogen and oxygen atoms in total. The molecule has 0 saturated heterocycles. The molecule has 4 heteroatoms. The third-order valence-corrected chi connectivity index (χ3v) is 5.16. The van der Waals surface area contributed by atoms with Gasteiger partial charge in [0.15, 0.2) is 0 Å². The minimum Gasteiger partial charge on any atom is -0.312 e. The van der Waals surface area contributed by atoms with Gasteiger partial charge in [-0.25, -0.2) is 4.98 Å². The largest absolute Gasteiger partial charge is 0.312 e. The maximum absolute atomic E-state index is 12.7. The van der Waals surface area contributed by atoms with Gasteiger partial charge in [0.1, 0.15) is 0 Å². The van der Waals surface area contributed by atoms with Gasteiger partial charge in [-0.2, -0.15) is 0 Å². The number of para-hydroxylation sites is 2. The Morgan fingerprint density at radius 1 is 1.04 bits per heavy atom. The van der Waals surface area contributed by atoms with Crippen LogP contribution in [0.15, 0.2) is 59.6 Å². The van der Waals surface area contributed by atoms with Crippen LogP contribution in [0.1, 0.15) is 18.1 Å². The highest BCUT2D eigenvalue weighted by Gasteiger charge is 2.16. The topological polar surface area (TPSA) is 33.2 Å². The Kier molecular flexibility index (Phi) is 5.39. The number of fused-ring (bicyclic) bond motifs is 1. The first-order valence-corrected chi connectivity index (χ1v) is 9.44. The number of benzene rings is 2. The fourth-order valence-corrected chi connectivity index (χ4v) is 3.80. The quantitative estimate of drug-likeness (QED) is 0.607. The summed E-state index contributed by atoms with van der Waals surface area (Å²) in [5.41, 5.74) is 4.26. The molecular weight excluding hydrogens is 328 g/mol. The Labute approximate surface area is 153 Å². The van der Waals surface area contributed by atoms with E-state index < -0.39 is 0 Å². The van der Waals surface area contributed by atoms with Crippen molar-refractivity contribution in [2.45, 2.75) is 25.8 Å². The summed E-state index contributed by atoms with van der Waals surface area (Å²) in [6.07, 6.45) is 0. The van der Waals surface area contributed by atoms with Gasteiger partial charge < -0.3 is 4.90 Å². The molecule has 1 amide bonds. The summed E-state index contributed by atoms with van der Waals surface area (Å²) in [5, 5.41) is 2.05. The van der Waals surface area contributed by atoms with E-state index in [1.165, 1.54) is 17.3 Å². The Bertz CT molecular complexity index is 907. The van der Waals surface area contributed by atoms with Crippen LogP contribution in [0.2, 0.25) is 0 Å². The molecule has 0 aliphatic heterocycles. The number of hydrogen-bond donors (Lipinski definition) is 0. The molecule has 0 radical (unpaired) electrons. The molecular formula is C21H22N2OS. The summed E-state index contributed by atoms with van der Waals surface area (Å²) >= 11 is 1.50. The normalized spacial score (nSPS) is 10.8. The first kappa shape index (κ1) is 17.5. The highest BCUT2D eigenvalue weighted by atomic mass is 32.2. The lowest BCUT2D eigenvalue weighted by atomic mass is 10.1. The molecule has 2 aromatic carbocycles. The summed E-state index contributed by atoms with van der Waals surface area (Å²) < 4.78 is 0. The Morgan fingerprint density at radius 2 is 1.76 bits per heavy atom. The maximum atomic E-state index is 12.7. The van der Waals surface area contributed by atoms with Crippen LogP contribution in [0.4, 0.5) is 5.69 Å². The molecule has 25 heavy (non-hydrogen) atoms. The van der Waals surface area contributed by atoms with Gasteiger partial charge in [0, 0.05) is 17.6 Å². The molecule has 128 valence electrons. The number of carbonyl (C=O) groups excluding carboxylic acids is 1. The standard InChI is InChI=1S/C21H22N2OS/c1-4-23(19-12-8-5-9-15(19)2)21(24)14-25-20-13-16(3)17-10-6-7-11-18(17)22-20/h5-13H,4,14H2,1-3H3. The number of aromatic nitrogens is 1. The second kappa shape index (κ2) is 7.70. The highest BCUT2D eigenvalue weighted by Crippen LogP contribution is 2.25. The summed E-state index contributed by atoms with van der Waals surface area (Å²) in [5.74, 6) is 0.488. The van der Waals surface area contributed by atoms with Crippen molar-refractivity contribution in [1.82, 2.24) is 4.98 Å². The predicted molar refractivity (Wildman–Crippen MR) is 106 cm³/mol. The number of anilines is 1. The maximum Gasteiger partial charge on any atom is 0.237 e. The molecule has 3 aromatic rings. The van der Waals surface area contributed by atoms with Gasteiger partial charge in [0.25, 0.3) is 0 Å². The molecule has 1 aromatic heterocycles. The number of carbonyl (C=O) groups is 1. The van der Waals surface area contributed by atoms with Gasteiger partial charge >= 0.3 is 0 Å². The third-order valence-electron chi connectivity index (χ3n) is 4.27. The van der Waals surface area contributed by atoms with Crippen molar-refractivity contribution >= 4 is 34.3 Å². The minimum absolute atomic E-state index is 0.106. The first-order valence-electron chi connectivity index (χ1n) is 8.45. The molecule has 0 N–H and O–H groups in total. The van der Waals surface area contributed by atoms with Crippen molar-refractivity contribution in [3.63, 3.8) is 0 Å². The zero-order chi connectivity index (χ0) is 17.8. The van der Waals surface area contributed by atoms with E-state index in [1.807, 2.05) is 61.2 Å². The number of thioether (sulfide) groups is 1. The molecule has 0 aliphatic rings. The van der Waals surface area contributed by atoms with Gasteiger partial charge in [-0.15, -0.1) is 0 Å². The van der Waals surface area contributed by atoms with E-state index >= 15 is 0 Å². The van der Waals surface area contributed by atoms with Crippen molar-refractivity contribution in [2.24, 2.45) is 0 Å². The number of rotatable bonds is 5. The molecule has 0 fully saturated rings. The molecule has 0 aliphatic carbocycles. The Balaban J connectivity index is 1.76. The van der Waals surface area contributed by atoms with Crippen LogP contribution in [-0.4, -0.2) is 23.2 Å². The number of aryl methyl sites for hydroxylation is 2. The van der Waals surface area contributed by atoms with Crippen LogP contribution in [0.5, 0.6) is 0 Å². The molecule has 1 heterocycles. The van der Waals surface area contributed by atoms with Crippen LogP contribution in [0.25, 0.3) is 10.9 Å². The SMILES string of the molecule is CCN(C(=O)CSc1cc(C)c2ccccc2n1)c1ccccc1C. The average molecular weight is 350 g/mol. The number of amides is 1. The van der Waals surface area contributed by atoms with Gasteiger partial charge in [-0.05, 0) is 50.1 Å². The van der Waals surface area contributed by atoms with Crippen LogP contribution in [0, 0.1) is 13.8 Å². The van der Waals surface area contributed by atoms with Crippen LogP contribution in [-0.2, 0) is 4.79 Å². The van der Waals surface area contributed by atoms with Gasteiger partial charge in [-0.1, -0.05) is 48.2 Å². The average Bonchev–Trinajstić information content (AvgIpc) is 2.62. The smallest absolute Gasteiger partial charge is 0.237 e. The lowest BCUT2D eigenvalue weighted by Crippen LogP contribution is -2.32.